The number of thioether (sulfide) groups is 1. The number of furan rings is 1. The maximum Gasteiger partial charge on any atom is 0.233 e. The second-order valence-corrected chi connectivity index (χ2v) is 8.41. The van der Waals surface area contributed by atoms with Crippen LogP contribution in [0.1, 0.15) is 26.5 Å². The molecule has 1 atom stereocenters. The van der Waals surface area contributed by atoms with Gasteiger partial charge in [0.1, 0.15) is 11.5 Å². The summed E-state index contributed by atoms with van der Waals surface area (Å²) in [5.74, 6) is 2.61. The minimum Gasteiger partial charge on any atom is -0.497 e. The second kappa shape index (κ2) is 9.65. The molecule has 1 amide bonds. The molecule has 0 fully saturated rings. The lowest BCUT2D eigenvalue weighted by Crippen LogP contribution is -2.33. The lowest BCUT2D eigenvalue weighted by Gasteiger charge is -2.14. The molecular weight excluding hydrogens is 388 g/mol. The summed E-state index contributed by atoms with van der Waals surface area (Å²) in [5.41, 5.74) is 0.882. The molecule has 0 saturated carbocycles. The third kappa shape index (κ3) is 5.41. The van der Waals surface area contributed by atoms with Gasteiger partial charge in [0, 0.05) is 12.1 Å². The highest BCUT2D eigenvalue weighted by molar-refractivity contribution is 8.00. The molecule has 3 rings (SSSR count). The summed E-state index contributed by atoms with van der Waals surface area (Å²) < 4.78 is 12.8. The molecule has 8 heteroatoms. The van der Waals surface area contributed by atoms with Crippen molar-refractivity contribution in [3.8, 4) is 17.1 Å². The molecule has 0 aliphatic carbocycles. The van der Waals surface area contributed by atoms with Crippen molar-refractivity contribution in [1.29, 1.82) is 0 Å². The molecule has 0 aliphatic rings. The van der Waals surface area contributed by atoms with Crippen LogP contribution in [0.3, 0.4) is 0 Å². The van der Waals surface area contributed by atoms with Crippen LogP contribution in [-0.2, 0) is 11.3 Å². The van der Waals surface area contributed by atoms with Crippen molar-refractivity contribution in [1.82, 2.24) is 20.1 Å². The van der Waals surface area contributed by atoms with Gasteiger partial charge in [0.15, 0.2) is 11.0 Å². The Balaban J connectivity index is 1.88. The minimum absolute atomic E-state index is 0.0146. The number of nitrogens with zero attached hydrogens (tertiary/aromatic N) is 3. The topological polar surface area (TPSA) is 82.2 Å². The average molecular weight is 415 g/mol. The van der Waals surface area contributed by atoms with Gasteiger partial charge in [-0.2, -0.15) is 0 Å². The molecule has 0 spiro atoms. The Morgan fingerprint density at radius 3 is 2.76 bits per heavy atom. The Morgan fingerprint density at radius 2 is 2.07 bits per heavy atom. The lowest BCUT2D eigenvalue weighted by atomic mass is 10.2. The predicted molar refractivity (Wildman–Crippen MR) is 113 cm³/mol. The van der Waals surface area contributed by atoms with E-state index in [1.165, 1.54) is 11.8 Å². The largest absolute Gasteiger partial charge is 0.497 e. The summed E-state index contributed by atoms with van der Waals surface area (Å²) in [6.45, 7) is 7.13. The standard InChI is InChI=1S/C21H26N4O3S/c1-14(2)12-22-20(26)15(3)29-21-24-23-19(16-7-5-8-17(11-16)27-4)25(21)13-18-9-6-10-28-18/h5-11,14-15H,12-13H2,1-4H3,(H,22,26)/t15-/m1/s1. The van der Waals surface area contributed by atoms with E-state index in [2.05, 4.69) is 29.4 Å². The van der Waals surface area contributed by atoms with Gasteiger partial charge in [-0.1, -0.05) is 37.7 Å². The normalized spacial score (nSPS) is 12.2. The van der Waals surface area contributed by atoms with Crippen LogP contribution in [0.5, 0.6) is 5.75 Å². The molecule has 154 valence electrons. The highest BCUT2D eigenvalue weighted by Gasteiger charge is 2.21. The number of amides is 1. The Labute approximate surface area is 174 Å². The van der Waals surface area contributed by atoms with Crippen LogP contribution in [0.2, 0.25) is 0 Å². The fourth-order valence-corrected chi connectivity index (χ4v) is 3.59. The predicted octanol–water partition coefficient (Wildman–Crippen LogP) is 3.85. The van der Waals surface area contributed by atoms with Gasteiger partial charge in [-0.3, -0.25) is 9.36 Å². The molecule has 7 nitrogen and oxygen atoms in total. The van der Waals surface area contributed by atoms with E-state index in [1.54, 1.807) is 13.4 Å². The number of carbonyl (C=O) groups is 1. The Kier molecular flexibility index (Phi) is 6.98. The Bertz CT molecular complexity index is 937. The van der Waals surface area contributed by atoms with E-state index in [9.17, 15) is 4.79 Å². The van der Waals surface area contributed by atoms with Gasteiger partial charge in [-0.15, -0.1) is 10.2 Å². The first-order valence-corrected chi connectivity index (χ1v) is 10.4. The van der Waals surface area contributed by atoms with E-state index in [1.807, 2.05) is 47.9 Å². The van der Waals surface area contributed by atoms with E-state index in [4.69, 9.17) is 9.15 Å². The SMILES string of the molecule is COc1cccc(-c2nnc(S[C@H](C)C(=O)NCC(C)C)n2Cc2ccco2)c1. The molecular formula is C21H26N4O3S. The molecule has 0 unspecified atom stereocenters. The molecule has 1 aromatic carbocycles. The molecule has 2 aromatic heterocycles. The van der Waals surface area contributed by atoms with E-state index in [-0.39, 0.29) is 11.2 Å². The van der Waals surface area contributed by atoms with Crippen molar-refractivity contribution in [2.24, 2.45) is 5.92 Å². The molecule has 2 heterocycles. The van der Waals surface area contributed by atoms with Gasteiger partial charge >= 0.3 is 0 Å². The second-order valence-electron chi connectivity index (χ2n) is 7.10. The summed E-state index contributed by atoms with van der Waals surface area (Å²) in [7, 11) is 1.63. The number of nitrogens with one attached hydrogen (secondary N) is 1. The molecule has 29 heavy (non-hydrogen) atoms. The van der Waals surface area contributed by atoms with Crippen LogP contribution in [0.4, 0.5) is 0 Å². The van der Waals surface area contributed by atoms with Crippen molar-refractivity contribution in [2.75, 3.05) is 13.7 Å². The highest BCUT2D eigenvalue weighted by atomic mass is 32.2. The van der Waals surface area contributed by atoms with Crippen LogP contribution in [0.15, 0.2) is 52.2 Å². The maximum absolute atomic E-state index is 12.4. The van der Waals surface area contributed by atoms with Gasteiger partial charge in [-0.05, 0) is 37.1 Å². The fourth-order valence-electron chi connectivity index (χ4n) is 2.71. The van der Waals surface area contributed by atoms with Crippen molar-refractivity contribution in [3.05, 3.63) is 48.4 Å². The number of benzene rings is 1. The van der Waals surface area contributed by atoms with Crippen LogP contribution in [0, 0.1) is 5.92 Å². The zero-order valence-corrected chi connectivity index (χ0v) is 17.9. The molecule has 0 bridgehead atoms. The third-order valence-corrected chi connectivity index (χ3v) is 5.36. The number of carbonyl (C=O) groups excluding carboxylic acids is 1. The number of rotatable bonds is 9. The first-order valence-electron chi connectivity index (χ1n) is 9.52. The van der Waals surface area contributed by atoms with E-state index < -0.39 is 0 Å². The molecule has 1 N–H and O–H groups in total. The lowest BCUT2D eigenvalue weighted by molar-refractivity contribution is -0.120. The average Bonchev–Trinajstić information content (AvgIpc) is 3.37. The van der Waals surface area contributed by atoms with Crippen LogP contribution >= 0.6 is 11.8 Å². The summed E-state index contributed by atoms with van der Waals surface area (Å²) in [4.78, 5) is 12.4. The van der Waals surface area contributed by atoms with Gasteiger partial charge in [0.2, 0.25) is 5.91 Å². The quantitative estimate of drug-likeness (QED) is 0.536. The van der Waals surface area contributed by atoms with Crippen LogP contribution < -0.4 is 10.1 Å². The van der Waals surface area contributed by atoms with E-state index in [0.29, 0.717) is 30.0 Å². The number of ether oxygens (including phenoxy) is 1. The van der Waals surface area contributed by atoms with Crippen molar-refractivity contribution >= 4 is 17.7 Å². The van der Waals surface area contributed by atoms with Gasteiger partial charge in [0.25, 0.3) is 0 Å². The van der Waals surface area contributed by atoms with Crippen molar-refractivity contribution in [2.45, 2.75) is 37.7 Å². The van der Waals surface area contributed by atoms with Gasteiger partial charge in [-0.25, -0.2) is 0 Å². The maximum atomic E-state index is 12.4. The zero-order valence-electron chi connectivity index (χ0n) is 17.1. The van der Waals surface area contributed by atoms with Crippen LogP contribution in [0.25, 0.3) is 11.4 Å². The van der Waals surface area contributed by atoms with Gasteiger partial charge in [0.05, 0.1) is 25.2 Å². The Morgan fingerprint density at radius 1 is 1.24 bits per heavy atom. The summed E-state index contributed by atoms with van der Waals surface area (Å²) in [6.07, 6.45) is 1.64. The smallest absolute Gasteiger partial charge is 0.233 e. The summed E-state index contributed by atoms with van der Waals surface area (Å²) in [6, 6.07) is 11.4. The van der Waals surface area contributed by atoms with Crippen molar-refractivity contribution in [3.63, 3.8) is 0 Å². The molecule has 0 radical (unpaired) electrons. The zero-order chi connectivity index (χ0) is 20.8. The minimum atomic E-state index is -0.300. The van der Waals surface area contributed by atoms with E-state index in [0.717, 1.165) is 17.1 Å². The molecule has 0 aliphatic heterocycles. The van der Waals surface area contributed by atoms with Gasteiger partial charge < -0.3 is 14.5 Å². The number of aromatic nitrogens is 3. The third-order valence-electron chi connectivity index (χ3n) is 4.27. The molecule has 0 saturated heterocycles. The summed E-state index contributed by atoms with van der Waals surface area (Å²) in [5, 5.41) is 12.1. The number of hydrogen-bond donors (Lipinski definition) is 1. The number of methoxy groups -OCH3 is 1. The molecule has 3 aromatic rings. The summed E-state index contributed by atoms with van der Waals surface area (Å²) >= 11 is 1.38. The highest BCUT2D eigenvalue weighted by Crippen LogP contribution is 2.29. The fraction of sp³-hybridized carbons (Fsp3) is 0.381. The van der Waals surface area contributed by atoms with E-state index >= 15 is 0 Å². The van der Waals surface area contributed by atoms with Crippen molar-refractivity contribution < 1.29 is 13.9 Å². The Hall–Kier alpha value is -2.74. The monoisotopic (exact) mass is 414 g/mol. The first kappa shape index (κ1) is 21.0. The number of hydrogen-bond acceptors (Lipinski definition) is 6. The first-order chi connectivity index (χ1) is 14.0. The van der Waals surface area contributed by atoms with Crippen LogP contribution in [-0.4, -0.2) is 39.6 Å².